The Hall–Kier alpha value is -3.85. The maximum absolute atomic E-state index is 14.0. The third kappa shape index (κ3) is 9.34. The predicted molar refractivity (Wildman–Crippen MR) is 168 cm³/mol. The molecule has 226 valence electrons. The van der Waals surface area contributed by atoms with Crippen LogP contribution in [0.5, 0.6) is 5.75 Å². The molecule has 3 aromatic carbocycles. The van der Waals surface area contributed by atoms with Crippen LogP contribution in [-0.4, -0.2) is 57.1 Å². The molecule has 0 aliphatic rings. The maximum Gasteiger partial charge on any atom is 0.243 e. The van der Waals surface area contributed by atoms with E-state index < -0.39 is 16.1 Å². The number of benzene rings is 3. The molecule has 0 radical (unpaired) electrons. The lowest BCUT2D eigenvalue weighted by atomic mass is 10.0. The zero-order chi connectivity index (χ0) is 30.7. The zero-order valence-electron chi connectivity index (χ0n) is 25.2. The Balaban J connectivity index is 1.92. The summed E-state index contributed by atoms with van der Waals surface area (Å²) in [5.74, 6) is 0.212. The Morgan fingerprint density at radius 3 is 2.26 bits per heavy atom. The van der Waals surface area contributed by atoms with Crippen molar-refractivity contribution in [1.29, 1.82) is 0 Å². The maximum atomic E-state index is 14.0. The van der Waals surface area contributed by atoms with Crippen LogP contribution >= 0.6 is 0 Å². The van der Waals surface area contributed by atoms with Gasteiger partial charge >= 0.3 is 0 Å². The number of nitrogens with zero attached hydrogens (tertiary/aromatic N) is 2. The largest absolute Gasteiger partial charge is 0.497 e. The van der Waals surface area contributed by atoms with E-state index in [1.165, 1.54) is 10.6 Å². The third-order valence-corrected chi connectivity index (χ3v) is 8.48. The van der Waals surface area contributed by atoms with E-state index in [-0.39, 0.29) is 37.4 Å². The fourth-order valence-electron chi connectivity index (χ4n) is 4.79. The van der Waals surface area contributed by atoms with Gasteiger partial charge in [-0.05, 0) is 61.6 Å². The minimum atomic E-state index is -3.57. The third-order valence-electron chi connectivity index (χ3n) is 7.30. The highest BCUT2D eigenvalue weighted by Gasteiger charge is 2.31. The number of hydrogen-bond donors (Lipinski definition) is 1. The zero-order valence-corrected chi connectivity index (χ0v) is 26.1. The van der Waals surface area contributed by atoms with Crippen LogP contribution in [0, 0.1) is 6.92 Å². The second-order valence-electron chi connectivity index (χ2n) is 10.6. The number of methoxy groups -OCH3 is 1. The van der Waals surface area contributed by atoms with Crippen LogP contribution in [0.4, 0.5) is 5.69 Å². The second-order valence-corrected chi connectivity index (χ2v) is 12.5. The number of amides is 2. The van der Waals surface area contributed by atoms with Crippen molar-refractivity contribution in [3.05, 3.63) is 95.6 Å². The average Bonchev–Trinajstić information content (AvgIpc) is 2.97. The molecule has 8 nitrogen and oxygen atoms in total. The van der Waals surface area contributed by atoms with E-state index >= 15 is 0 Å². The normalized spacial score (nSPS) is 12.7. The number of nitrogens with one attached hydrogen (secondary N) is 1. The Bertz CT molecular complexity index is 1430. The van der Waals surface area contributed by atoms with Crippen LogP contribution < -0.4 is 14.4 Å². The van der Waals surface area contributed by atoms with Gasteiger partial charge in [0, 0.05) is 32.0 Å². The summed E-state index contributed by atoms with van der Waals surface area (Å²) in [6.45, 7) is 6.15. The molecule has 0 unspecified atom stereocenters. The lowest BCUT2D eigenvalue weighted by molar-refractivity contribution is -0.141. The molecule has 0 saturated carbocycles. The van der Waals surface area contributed by atoms with Gasteiger partial charge in [0.2, 0.25) is 21.8 Å². The summed E-state index contributed by atoms with van der Waals surface area (Å²) in [5.41, 5.74) is 3.19. The van der Waals surface area contributed by atoms with E-state index in [1.807, 2.05) is 87.5 Å². The van der Waals surface area contributed by atoms with Gasteiger partial charge in [-0.3, -0.25) is 13.9 Å². The monoisotopic (exact) mass is 593 g/mol. The van der Waals surface area contributed by atoms with Crippen LogP contribution in [-0.2, 0) is 32.6 Å². The SMILES string of the molecule is CC[C@@H](C)NC(=O)[C@H](Cc1ccccc1)N(Cc1cccc(OC)c1)C(=O)CCCN(c1ccccc1C)S(C)(=O)=O. The summed E-state index contributed by atoms with van der Waals surface area (Å²) >= 11 is 0. The lowest BCUT2D eigenvalue weighted by Gasteiger charge is -2.33. The summed E-state index contributed by atoms with van der Waals surface area (Å²) in [4.78, 5) is 29.3. The predicted octanol–water partition coefficient (Wildman–Crippen LogP) is 5.10. The fraction of sp³-hybridized carbons (Fsp3) is 0.394. The molecule has 9 heteroatoms. The standard InChI is InChI=1S/C33H43N3O5S/c1-6-26(3)34-33(38)31(23-27-15-8-7-9-16-27)35(24-28-17-12-18-29(22-28)41-4)32(37)20-13-21-36(42(5,39)40)30-19-11-10-14-25(30)2/h7-12,14-19,22,26,31H,6,13,20-21,23-24H2,1-5H3,(H,34,38)/t26-,31+/m1/s1. The molecule has 0 aromatic heterocycles. The molecule has 3 aromatic rings. The smallest absolute Gasteiger partial charge is 0.243 e. The van der Waals surface area contributed by atoms with Crippen molar-refractivity contribution in [3.8, 4) is 5.75 Å². The topological polar surface area (TPSA) is 96.0 Å². The van der Waals surface area contributed by atoms with E-state index in [0.717, 1.165) is 23.1 Å². The molecule has 3 rings (SSSR count). The van der Waals surface area contributed by atoms with Crippen molar-refractivity contribution in [3.63, 3.8) is 0 Å². The first-order valence-electron chi connectivity index (χ1n) is 14.3. The van der Waals surface area contributed by atoms with Crippen molar-refractivity contribution in [2.24, 2.45) is 0 Å². The molecule has 0 saturated heterocycles. The van der Waals surface area contributed by atoms with E-state index in [4.69, 9.17) is 4.74 Å². The Morgan fingerprint density at radius 2 is 1.62 bits per heavy atom. The number of sulfonamides is 1. The molecule has 0 spiro atoms. The first-order valence-corrected chi connectivity index (χ1v) is 16.2. The molecule has 0 heterocycles. The lowest BCUT2D eigenvalue weighted by Crippen LogP contribution is -2.52. The van der Waals surface area contributed by atoms with Gasteiger partial charge in [-0.2, -0.15) is 0 Å². The van der Waals surface area contributed by atoms with Crippen LogP contribution in [0.25, 0.3) is 0 Å². The molecule has 0 bridgehead atoms. The van der Waals surface area contributed by atoms with E-state index in [1.54, 1.807) is 24.1 Å². The van der Waals surface area contributed by atoms with E-state index in [2.05, 4.69) is 5.32 Å². The van der Waals surface area contributed by atoms with Gasteiger partial charge in [0.25, 0.3) is 0 Å². The molecule has 2 amide bonds. The van der Waals surface area contributed by atoms with Gasteiger partial charge in [0.1, 0.15) is 11.8 Å². The number of ether oxygens (including phenoxy) is 1. The van der Waals surface area contributed by atoms with Crippen molar-refractivity contribution in [2.45, 2.75) is 65.1 Å². The van der Waals surface area contributed by atoms with E-state index in [0.29, 0.717) is 24.3 Å². The van der Waals surface area contributed by atoms with Crippen LogP contribution in [0.15, 0.2) is 78.9 Å². The molecule has 42 heavy (non-hydrogen) atoms. The fourth-order valence-corrected chi connectivity index (χ4v) is 5.81. The van der Waals surface area contributed by atoms with Gasteiger partial charge in [0.05, 0.1) is 19.1 Å². The van der Waals surface area contributed by atoms with Crippen LogP contribution in [0.1, 0.15) is 49.8 Å². The van der Waals surface area contributed by atoms with Gasteiger partial charge < -0.3 is 15.0 Å². The summed E-state index contributed by atoms with van der Waals surface area (Å²) in [7, 11) is -1.99. The van der Waals surface area contributed by atoms with Crippen LogP contribution in [0.2, 0.25) is 0 Å². The van der Waals surface area contributed by atoms with Gasteiger partial charge in [-0.25, -0.2) is 8.42 Å². The van der Waals surface area contributed by atoms with Crippen LogP contribution in [0.3, 0.4) is 0 Å². The number of anilines is 1. The van der Waals surface area contributed by atoms with Crippen molar-refractivity contribution >= 4 is 27.5 Å². The number of carbonyl (C=O) groups excluding carboxylic acids is 2. The molecule has 1 N–H and O–H groups in total. The van der Waals surface area contributed by atoms with Gasteiger partial charge in [0.15, 0.2) is 0 Å². The molecular weight excluding hydrogens is 550 g/mol. The summed E-state index contributed by atoms with van der Waals surface area (Å²) in [6, 6.07) is 23.6. The first-order chi connectivity index (χ1) is 20.0. The number of rotatable bonds is 15. The second kappa shape index (κ2) is 15.4. The Kier molecular flexibility index (Phi) is 12.0. The first kappa shape index (κ1) is 32.7. The minimum Gasteiger partial charge on any atom is -0.497 e. The van der Waals surface area contributed by atoms with Crippen molar-refractivity contribution < 1.29 is 22.7 Å². The number of hydrogen-bond acceptors (Lipinski definition) is 5. The number of carbonyl (C=O) groups is 2. The van der Waals surface area contributed by atoms with Gasteiger partial charge in [-0.1, -0.05) is 67.6 Å². The Labute approximate surface area is 250 Å². The number of aryl methyl sites for hydroxylation is 1. The molecule has 2 atom stereocenters. The highest BCUT2D eigenvalue weighted by molar-refractivity contribution is 7.92. The quantitative estimate of drug-likeness (QED) is 0.264. The van der Waals surface area contributed by atoms with Crippen molar-refractivity contribution in [1.82, 2.24) is 10.2 Å². The summed E-state index contributed by atoms with van der Waals surface area (Å²) in [6.07, 6.45) is 2.64. The molecule has 0 aliphatic heterocycles. The van der Waals surface area contributed by atoms with Gasteiger partial charge in [-0.15, -0.1) is 0 Å². The average molecular weight is 594 g/mol. The minimum absolute atomic E-state index is 0.0537. The van der Waals surface area contributed by atoms with E-state index in [9.17, 15) is 18.0 Å². The number of para-hydroxylation sites is 1. The highest BCUT2D eigenvalue weighted by Crippen LogP contribution is 2.24. The highest BCUT2D eigenvalue weighted by atomic mass is 32.2. The summed E-state index contributed by atoms with van der Waals surface area (Å²) in [5, 5.41) is 3.07. The van der Waals surface area contributed by atoms with Crippen molar-refractivity contribution in [2.75, 3.05) is 24.2 Å². The molecule has 0 fully saturated rings. The molecule has 0 aliphatic carbocycles. The molecular formula is C33H43N3O5S. The Morgan fingerprint density at radius 1 is 0.952 bits per heavy atom. The summed E-state index contributed by atoms with van der Waals surface area (Å²) < 4.78 is 32.1.